The van der Waals surface area contributed by atoms with Gasteiger partial charge in [0.1, 0.15) is 6.07 Å². The van der Waals surface area contributed by atoms with Crippen LogP contribution in [0.3, 0.4) is 0 Å². The van der Waals surface area contributed by atoms with Gasteiger partial charge in [-0.05, 0) is 50.2 Å². The lowest BCUT2D eigenvalue weighted by molar-refractivity contribution is 0.555. The van der Waals surface area contributed by atoms with Crippen LogP contribution in [-0.2, 0) is 0 Å². The molecule has 2 aromatic carbocycles. The third kappa shape index (κ3) is 3.18. The van der Waals surface area contributed by atoms with E-state index in [1.54, 1.807) is 24.3 Å². The first-order valence-electron chi connectivity index (χ1n) is 8.31. The summed E-state index contributed by atoms with van der Waals surface area (Å²) in [6, 6.07) is 12.8. The summed E-state index contributed by atoms with van der Waals surface area (Å²) < 4.78 is 10.7. The van der Waals surface area contributed by atoms with E-state index in [4.69, 9.17) is 8.83 Å². The van der Waals surface area contributed by atoms with Gasteiger partial charge in [0.2, 0.25) is 11.8 Å². The van der Waals surface area contributed by atoms with Crippen molar-refractivity contribution in [1.29, 1.82) is 5.26 Å². The van der Waals surface area contributed by atoms with E-state index in [9.17, 15) is 10.1 Å². The van der Waals surface area contributed by atoms with Gasteiger partial charge in [-0.15, -0.1) is 10.2 Å². The first-order valence-corrected chi connectivity index (χ1v) is 8.31. The van der Waals surface area contributed by atoms with Gasteiger partial charge in [-0.2, -0.15) is 5.26 Å². The highest BCUT2D eigenvalue weighted by atomic mass is 16.4. The number of aromatic nitrogens is 3. The highest BCUT2D eigenvalue weighted by molar-refractivity contribution is 5.78. The molecule has 0 saturated carbocycles. The number of hydrogen-bond acceptors (Lipinski definition) is 7. The Morgan fingerprint density at radius 1 is 1.07 bits per heavy atom. The van der Waals surface area contributed by atoms with Crippen molar-refractivity contribution < 1.29 is 8.83 Å². The lowest BCUT2D eigenvalue weighted by atomic mass is 10.1. The molecule has 134 valence electrons. The smallest absolute Gasteiger partial charge is 0.416 e. The molecule has 4 aromatic rings. The van der Waals surface area contributed by atoms with Gasteiger partial charge < -0.3 is 14.2 Å². The quantitative estimate of drug-likeness (QED) is 0.570. The predicted octanol–water partition coefficient (Wildman–Crippen LogP) is 3.53. The molecule has 0 bridgehead atoms. The van der Waals surface area contributed by atoms with Crippen molar-refractivity contribution in [2.45, 2.75) is 19.9 Å². The summed E-state index contributed by atoms with van der Waals surface area (Å²) in [7, 11) is 0. The molecule has 27 heavy (non-hydrogen) atoms. The Morgan fingerprint density at radius 3 is 2.48 bits per heavy atom. The van der Waals surface area contributed by atoms with Crippen LogP contribution in [0.2, 0.25) is 0 Å². The van der Waals surface area contributed by atoms with Crippen LogP contribution in [0.4, 0.5) is 5.69 Å². The summed E-state index contributed by atoms with van der Waals surface area (Å²) in [4.78, 5) is 13.9. The lowest BCUT2D eigenvalue weighted by Crippen LogP contribution is -2.10. The summed E-state index contributed by atoms with van der Waals surface area (Å²) in [5, 5.41) is 20.8. The number of oxazole rings is 1. The zero-order chi connectivity index (χ0) is 19.0. The Kier molecular flexibility index (Phi) is 3.97. The van der Waals surface area contributed by atoms with Crippen LogP contribution in [-0.4, -0.2) is 21.2 Å². The predicted molar refractivity (Wildman–Crippen MR) is 99.0 cm³/mol. The Labute approximate surface area is 153 Å². The van der Waals surface area contributed by atoms with Crippen molar-refractivity contribution in [2.24, 2.45) is 0 Å². The molecular formula is C19H15N5O3. The summed E-state index contributed by atoms with van der Waals surface area (Å²) in [5.41, 5.74) is 3.56. The molecule has 8 nitrogen and oxygen atoms in total. The van der Waals surface area contributed by atoms with Crippen LogP contribution in [0, 0.1) is 11.3 Å². The highest BCUT2D eigenvalue weighted by Gasteiger charge is 2.14. The SMILES string of the molecule is CC(C)Nc1ccc(-c2nnc(-c3ccc4oc(=O)[nH]c4c3)o2)cc1C#N. The van der Waals surface area contributed by atoms with Crippen molar-refractivity contribution >= 4 is 16.8 Å². The fourth-order valence-corrected chi connectivity index (χ4v) is 2.75. The minimum Gasteiger partial charge on any atom is -0.416 e. The molecule has 0 aliphatic heterocycles. The number of nitriles is 1. The fraction of sp³-hybridized carbons (Fsp3) is 0.158. The van der Waals surface area contributed by atoms with Gasteiger partial charge in [0.05, 0.1) is 16.8 Å². The third-order valence-corrected chi connectivity index (χ3v) is 3.92. The van der Waals surface area contributed by atoms with Gasteiger partial charge in [0.25, 0.3) is 0 Å². The van der Waals surface area contributed by atoms with Gasteiger partial charge in [-0.1, -0.05) is 0 Å². The van der Waals surface area contributed by atoms with E-state index in [0.717, 1.165) is 5.69 Å². The van der Waals surface area contributed by atoms with Gasteiger partial charge in [0.15, 0.2) is 5.58 Å². The number of hydrogen-bond donors (Lipinski definition) is 2. The van der Waals surface area contributed by atoms with Crippen molar-refractivity contribution in [3.8, 4) is 29.0 Å². The molecule has 0 aliphatic carbocycles. The number of anilines is 1. The summed E-state index contributed by atoms with van der Waals surface area (Å²) in [6.07, 6.45) is 0. The Bertz CT molecular complexity index is 1230. The molecule has 0 atom stereocenters. The molecule has 0 radical (unpaired) electrons. The second-order valence-electron chi connectivity index (χ2n) is 6.31. The minimum absolute atomic E-state index is 0.210. The Hall–Kier alpha value is -3.86. The molecule has 2 heterocycles. The molecule has 0 spiro atoms. The molecule has 2 N–H and O–H groups in total. The standard InChI is InChI=1S/C19H15N5O3/c1-10(2)21-14-5-3-11(7-13(14)9-20)17-23-24-18(27-17)12-4-6-16-15(8-12)22-19(25)26-16/h3-8,10,21H,1-2H3,(H,22,25). The van der Waals surface area contributed by atoms with E-state index in [1.807, 2.05) is 26.0 Å². The maximum atomic E-state index is 11.3. The largest absolute Gasteiger partial charge is 0.417 e. The van der Waals surface area contributed by atoms with Crippen molar-refractivity contribution in [3.05, 3.63) is 52.5 Å². The minimum atomic E-state index is -0.521. The van der Waals surface area contributed by atoms with Gasteiger partial charge >= 0.3 is 5.76 Å². The van der Waals surface area contributed by atoms with E-state index < -0.39 is 5.76 Å². The average molecular weight is 361 g/mol. The van der Waals surface area contributed by atoms with Crippen LogP contribution in [0.5, 0.6) is 0 Å². The zero-order valence-electron chi connectivity index (χ0n) is 14.6. The number of aromatic amines is 1. The normalized spacial score (nSPS) is 11.0. The number of H-pyrrole nitrogens is 1. The maximum Gasteiger partial charge on any atom is 0.417 e. The molecule has 0 fully saturated rings. The molecule has 0 aliphatic rings. The number of nitrogens with one attached hydrogen (secondary N) is 2. The summed E-state index contributed by atoms with van der Waals surface area (Å²) >= 11 is 0. The average Bonchev–Trinajstić information content (AvgIpc) is 3.26. The van der Waals surface area contributed by atoms with Gasteiger partial charge in [0, 0.05) is 17.2 Å². The highest BCUT2D eigenvalue weighted by Crippen LogP contribution is 2.28. The van der Waals surface area contributed by atoms with E-state index in [2.05, 4.69) is 26.6 Å². The van der Waals surface area contributed by atoms with E-state index in [0.29, 0.717) is 39.6 Å². The van der Waals surface area contributed by atoms with E-state index >= 15 is 0 Å². The lowest BCUT2D eigenvalue weighted by Gasteiger charge is -2.11. The first-order chi connectivity index (χ1) is 13.0. The molecule has 4 rings (SSSR count). The van der Waals surface area contributed by atoms with Crippen molar-refractivity contribution in [1.82, 2.24) is 15.2 Å². The van der Waals surface area contributed by atoms with Crippen LogP contribution in [0.15, 0.2) is 50.0 Å². The van der Waals surface area contributed by atoms with Crippen LogP contribution in [0.1, 0.15) is 19.4 Å². The summed E-state index contributed by atoms with van der Waals surface area (Å²) in [5.74, 6) is 0.0858. The topological polar surface area (TPSA) is 121 Å². The number of rotatable bonds is 4. The molecule has 0 unspecified atom stereocenters. The third-order valence-electron chi connectivity index (χ3n) is 3.92. The van der Waals surface area contributed by atoms with Crippen LogP contribution >= 0.6 is 0 Å². The summed E-state index contributed by atoms with van der Waals surface area (Å²) in [6.45, 7) is 4.01. The van der Waals surface area contributed by atoms with E-state index in [-0.39, 0.29) is 6.04 Å². The molecule has 8 heteroatoms. The monoisotopic (exact) mass is 361 g/mol. The number of nitrogens with zero attached hydrogens (tertiary/aromatic N) is 3. The van der Waals surface area contributed by atoms with Gasteiger partial charge in [-0.3, -0.25) is 4.98 Å². The molecule has 0 saturated heterocycles. The molecule has 2 aromatic heterocycles. The van der Waals surface area contributed by atoms with Crippen molar-refractivity contribution in [3.63, 3.8) is 0 Å². The number of fused-ring (bicyclic) bond motifs is 1. The zero-order valence-corrected chi connectivity index (χ0v) is 14.6. The second kappa shape index (κ2) is 6.46. The van der Waals surface area contributed by atoms with Crippen LogP contribution < -0.4 is 11.1 Å². The van der Waals surface area contributed by atoms with Crippen molar-refractivity contribution in [2.75, 3.05) is 5.32 Å². The molecule has 0 amide bonds. The Balaban J connectivity index is 1.69. The second-order valence-corrected chi connectivity index (χ2v) is 6.31. The first kappa shape index (κ1) is 16.6. The molecular weight excluding hydrogens is 346 g/mol. The Morgan fingerprint density at radius 2 is 1.78 bits per heavy atom. The maximum absolute atomic E-state index is 11.3. The van der Waals surface area contributed by atoms with Gasteiger partial charge in [-0.25, -0.2) is 4.79 Å². The van der Waals surface area contributed by atoms with E-state index in [1.165, 1.54) is 0 Å². The number of benzene rings is 2. The van der Waals surface area contributed by atoms with Crippen LogP contribution in [0.25, 0.3) is 34.0 Å². The fourth-order valence-electron chi connectivity index (χ4n) is 2.75.